The maximum absolute atomic E-state index is 8.88. The Morgan fingerprint density at radius 3 is 0.850 bits per heavy atom. The van der Waals surface area contributed by atoms with Crippen molar-refractivity contribution in [3.63, 3.8) is 0 Å². The summed E-state index contributed by atoms with van der Waals surface area (Å²) in [5.41, 5.74) is 9.04. The molecule has 40 heavy (non-hydrogen) atoms. The molecule has 0 rings (SSSR count). The summed E-state index contributed by atoms with van der Waals surface area (Å²) in [6.07, 6.45) is 26.1. The third-order valence-electron chi connectivity index (χ3n) is 5.71. The Bertz CT molecular complexity index is 920. The second kappa shape index (κ2) is 25.4. The van der Waals surface area contributed by atoms with Gasteiger partial charge >= 0.3 is 15.6 Å². The molecule has 6 N–H and O–H groups in total. The molecule has 10 heteroatoms. The average molecular weight is 607 g/mol. The van der Waals surface area contributed by atoms with E-state index in [0.29, 0.717) is 0 Å². The van der Waals surface area contributed by atoms with Crippen molar-refractivity contribution in [2.75, 3.05) is 0 Å². The molecular weight excluding hydrogens is 550 g/mol. The van der Waals surface area contributed by atoms with Crippen molar-refractivity contribution in [2.24, 2.45) is 0 Å². The van der Waals surface area contributed by atoms with E-state index in [1.165, 1.54) is 97.6 Å². The fourth-order valence-electron chi connectivity index (χ4n) is 3.33. The molecule has 0 aromatic heterocycles. The van der Waals surface area contributed by atoms with Crippen LogP contribution in [0.5, 0.6) is 0 Å². The van der Waals surface area contributed by atoms with E-state index in [1.54, 1.807) is 0 Å². The van der Waals surface area contributed by atoms with E-state index in [1.807, 2.05) is 0 Å². The molecule has 234 valence electrons. The van der Waals surface area contributed by atoms with Crippen molar-refractivity contribution in [3.8, 4) is 0 Å². The minimum absolute atomic E-state index is 1.18. The molecule has 0 radical (unpaired) electrons. The van der Waals surface area contributed by atoms with Crippen LogP contribution in [0.25, 0.3) is 0 Å². The summed E-state index contributed by atoms with van der Waals surface area (Å²) in [6.45, 7) is 17.8. The predicted molar refractivity (Wildman–Crippen MR) is 169 cm³/mol. The average Bonchev–Trinajstić information content (AvgIpc) is 2.76. The molecule has 8 nitrogen and oxygen atoms in total. The van der Waals surface area contributed by atoms with E-state index in [9.17, 15) is 0 Å². The lowest BCUT2D eigenvalue weighted by Gasteiger charge is -2.03. The standard InChI is InChI=1S/C30H50.2H3O4P/c1-9-26(4)16-11-18-28(6)20-13-22-30(8)24-14-23-29(7)21-12-19-27(5)17-10-15-25(2)3;2*1-5(2,3)4/h9,15,18-19,22-23H,10-14,16-17,20-21,24H2,1-8H3;2*(H3,1,2,3,4). The lowest BCUT2D eigenvalue weighted by Crippen LogP contribution is -1.83. The number of allylic oxidation sites excluding steroid dienone is 12. The zero-order valence-corrected chi connectivity index (χ0v) is 27.7. The predicted octanol–water partition coefficient (Wildman–Crippen LogP) is 8.75. The number of hydrogen-bond donors (Lipinski definition) is 6. The van der Waals surface area contributed by atoms with Gasteiger partial charge in [0, 0.05) is 0 Å². The molecule has 0 aromatic rings. The van der Waals surface area contributed by atoms with E-state index >= 15 is 0 Å². The van der Waals surface area contributed by atoms with Gasteiger partial charge in [-0.15, -0.1) is 0 Å². The molecule has 0 spiro atoms. The summed E-state index contributed by atoms with van der Waals surface area (Å²) in [6, 6.07) is 0. The summed E-state index contributed by atoms with van der Waals surface area (Å²) in [5.74, 6) is 0. The van der Waals surface area contributed by atoms with Crippen LogP contribution in [-0.4, -0.2) is 29.4 Å². The molecule has 0 aromatic carbocycles. The second-order valence-electron chi connectivity index (χ2n) is 10.3. The lowest BCUT2D eigenvalue weighted by molar-refractivity contribution is 0.272. The minimum atomic E-state index is -4.64. The van der Waals surface area contributed by atoms with Gasteiger partial charge in [0.2, 0.25) is 0 Å². The van der Waals surface area contributed by atoms with Crippen LogP contribution in [0, 0.1) is 0 Å². The Balaban J connectivity index is -0.00000116. The van der Waals surface area contributed by atoms with Gasteiger partial charge in [0.25, 0.3) is 0 Å². The molecule has 0 amide bonds. The first kappa shape index (κ1) is 43.1. The van der Waals surface area contributed by atoms with Gasteiger partial charge < -0.3 is 29.4 Å². The lowest BCUT2D eigenvalue weighted by atomic mass is 10.0. The third-order valence-corrected chi connectivity index (χ3v) is 5.71. The summed E-state index contributed by atoms with van der Waals surface area (Å²) >= 11 is 0. The normalized spacial score (nSPS) is 13.7. The van der Waals surface area contributed by atoms with E-state index < -0.39 is 15.6 Å². The minimum Gasteiger partial charge on any atom is -0.303 e. The first-order valence-corrected chi connectivity index (χ1v) is 16.8. The van der Waals surface area contributed by atoms with E-state index in [0.717, 1.165) is 0 Å². The van der Waals surface area contributed by atoms with Gasteiger partial charge in [-0.1, -0.05) is 69.9 Å². The van der Waals surface area contributed by atoms with Gasteiger partial charge in [-0.25, -0.2) is 9.13 Å². The van der Waals surface area contributed by atoms with Crippen LogP contribution in [0.1, 0.15) is 120 Å². The van der Waals surface area contributed by atoms with E-state index in [2.05, 4.69) is 91.8 Å². The fraction of sp³-hybridized carbons (Fsp3) is 0.600. The molecule has 0 saturated heterocycles. The molecule has 0 aliphatic rings. The van der Waals surface area contributed by atoms with Crippen LogP contribution in [-0.2, 0) is 9.13 Å². The summed E-state index contributed by atoms with van der Waals surface area (Å²) < 4.78 is 17.8. The Morgan fingerprint density at radius 2 is 0.650 bits per heavy atom. The van der Waals surface area contributed by atoms with Crippen LogP contribution >= 0.6 is 15.6 Å². The van der Waals surface area contributed by atoms with Crippen LogP contribution in [0.15, 0.2) is 69.9 Å². The Hall–Kier alpha value is -1.34. The molecule has 0 aliphatic heterocycles. The van der Waals surface area contributed by atoms with Gasteiger partial charge in [0.1, 0.15) is 0 Å². The maximum Gasteiger partial charge on any atom is 0.466 e. The van der Waals surface area contributed by atoms with Gasteiger partial charge in [0.15, 0.2) is 0 Å². The van der Waals surface area contributed by atoms with Crippen LogP contribution in [0.3, 0.4) is 0 Å². The summed E-state index contributed by atoms with van der Waals surface area (Å²) in [5, 5.41) is 0. The van der Waals surface area contributed by atoms with Gasteiger partial charge in [0.05, 0.1) is 0 Å². The van der Waals surface area contributed by atoms with Crippen molar-refractivity contribution < 1.29 is 38.5 Å². The zero-order chi connectivity index (χ0) is 31.8. The Morgan fingerprint density at radius 1 is 0.450 bits per heavy atom. The van der Waals surface area contributed by atoms with E-state index in [-0.39, 0.29) is 0 Å². The highest BCUT2D eigenvalue weighted by atomic mass is 31.2. The molecule has 0 bridgehead atoms. The molecule has 0 saturated carbocycles. The van der Waals surface area contributed by atoms with Crippen molar-refractivity contribution >= 4 is 15.6 Å². The van der Waals surface area contributed by atoms with Crippen LogP contribution < -0.4 is 0 Å². The number of rotatable bonds is 15. The Labute approximate surface area is 243 Å². The van der Waals surface area contributed by atoms with Crippen LogP contribution in [0.4, 0.5) is 0 Å². The first-order valence-electron chi connectivity index (χ1n) is 13.7. The SMILES string of the molecule is CC=C(C)CCC=C(C)CCC=C(C)CCC=C(C)CCC=C(C)CCC=C(C)C.O=P(O)(O)O.O=P(O)(O)O. The number of hydrogen-bond acceptors (Lipinski definition) is 2. The molecular formula is C30H56O8P2. The maximum atomic E-state index is 8.88. The highest BCUT2D eigenvalue weighted by molar-refractivity contribution is 7.45. The largest absolute Gasteiger partial charge is 0.466 e. The monoisotopic (exact) mass is 606 g/mol. The molecule has 0 heterocycles. The Kier molecular flexibility index (Phi) is 27.4. The molecule has 0 atom stereocenters. The second-order valence-corrected chi connectivity index (χ2v) is 12.4. The van der Waals surface area contributed by atoms with Gasteiger partial charge in [-0.2, -0.15) is 0 Å². The fourth-order valence-corrected chi connectivity index (χ4v) is 3.33. The smallest absolute Gasteiger partial charge is 0.303 e. The highest BCUT2D eigenvalue weighted by Crippen LogP contribution is 2.26. The van der Waals surface area contributed by atoms with Gasteiger partial charge in [-0.05, 0) is 120 Å². The zero-order valence-electron chi connectivity index (χ0n) is 25.9. The molecule has 0 unspecified atom stereocenters. The van der Waals surface area contributed by atoms with Crippen molar-refractivity contribution in [2.45, 2.75) is 120 Å². The third kappa shape index (κ3) is 49.6. The van der Waals surface area contributed by atoms with Crippen molar-refractivity contribution in [1.29, 1.82) is 0 Å². The number of phosphoric acid groups is 2. The summed E-state index contributed by atoms with van der Waals surface area (Å²) in [4.78, 5) is 43.1. The topological polar surface area (TPSA) is 156 Å². The molecule has 0 aliphatic carbocycles. The first-order chi connectivity index (χ1) is 18.2. The van der Waals surface area contributed by atoms with E-state index in [4.69, 9.17) is 38.5 Å². The quantitative estimate of drug-likeness (QED) is 0.0798. The summed E-state index contributed by atoms with van der Waals surface area (Å²) in [7, 11) is -9.28. The molecule has 0 fully saturated rings. The highest BCUT2D eigenvalue weighted by Gasteiger charge is 2.01. The van der Waals surface area contributed by atoms with Crippen LogP contribution in [0.2, 0.25) is 0 Å². The van der Waals surface area contributed by atoms with Gasteiger partial charge in [-0.3, -0.25) is 0 Å². The van der Waals surface area contributed by atoms with Crippen molar-refractivity contribution in [1.82, 2.24) is 0 Å². The van der Waals surface area contributed by atoms with Crippen molar-refractivity contribution in [3.05, 3.63) is 69.9 Å².